The third kappa shape index (κ3) is 9.14. The Hall–Kier alpha value is -3.53. The first-order chi connectivity index (χ1) is 16.4. The van der Waals surface area contributed by atoms with Crippen molar-refractivity contribution in [2.75, 3.05) is 11.9 Å². The summed E-state index contributed by atoms with van der Waals surface area (Å²) in [7, 11) is 1.68. The molecule has 0 radical (unpaired) electrons. The van der Waals surface area contributed by atoms with Crippen LogP contribution in [-0.4, -0.2) is 23.2 Å². The van der Waals surface area contributed by atoms with Crippen LogP contribution in [0, 0.1) is 0 Å². The zero-order valence-electron chi connectivity index (χ0n) is 22.0. The second-order valence-electron chi connectivity index (χ2n) is 6.99. The third-order valence-corrected chi connectivity index (χ3v) is 5.06. The Morgan fingerprint density at radius 1 is 0.706 bits per heavy atom. The van der Waals surface area contributed by atoms with Crippen molar-refractivity contribution >= 4 is 17.2 Å². The van der Waals surface area contributed by atoms with Crippen molar-refractivity contribution in [2.45, 2.75) is 54.9 Å². The highest BCUT2D eigenvalue weighted by Gasteiger charge is 2.16. The molecule has 184 valence electrons. The summed E-state index contributed by atoms with van der Waals surface area (Å²) in [6.07, 6.45) is 1.03. The summed E-state index contributed by atoms with van der Waals surface area (Å²) in [5, 5.41) is 19.2. The van der Waals surface area contributed by atoms with Crippen LogP contribution in [0.2, 0.25) is 0 Å². The van der Waals surface area contributed by atoms with Gasteiger partial charge in [-0.1, -0.05) is 88.7 Å². The van der Waals surface area contributed by atoms with E-state index in [0.717, 1.165) is 17.7 Å². The SMILES string of the molecule is CC.CC.CC/C(C)=C(/C)c1ccccc1O.CN(C(=O)c1ccccc1O)c1ccccc1. The summed E-state index contributed by atoms with van der Waals surface area (Å²) in [4.78, 5) is 13.6. The third-order valence-electron chi connectivity index (χ3n) is 5.06. The predicted molar refractivity (Wildman–Crippen MR) is 147 cm³/mol. The van der Waals surface area contributed by atoms with Crippen molar-refractivity contribution in [2.24, 2.45) is 0 Å². The number of para-hydroxylation sites is 3. The minimum Gasteiger partial charge on any atom is -0.507 e. The molecule has 0 fully saturated rings. The molecule has 3 rings (SSSR count). The molecule has 3 aromatic rings. The van der Waals surface area contributed by atoms with Crippen LogP contribution in [0.1, 0.15) is 70.8 Å². The van der Waals surface area contributed by atoms with Gasteiger partial charge in [-0.15, -0.1) is 0 Å². The van der Waals surface area contributed by atoms with Gasteiger partial charge < -0.3 is 15.1 Å². The Labute approximate surface area is 206 Å². The monoisotopic (exact) mass is 463 g/mol. The van der Waals surface area contributed by atoms with Crippen molar-refractivity contribution in [1.29, 1.82) is 0 Å². The molecule has 0 aromatic heterocycles. The molecule has 0 saturated carbocycles. The van der Waals surface area contributed by atoms with Gasteiger partial charge in [-0.2, -0.15) is 0 Å². The highest BCUT2D eigenvalue weighted by Crippen LogP contribution is 2.27. The van der Waals surface area contributed by atoms with E-state index in [2.05, 4.69) is 13.8 Å². The maximum absolute atomic E-state index is 12.1. The van der Waals surface area contributed by atoms with Crippen LogP contribution in [0.15, 0.2) is 84.4 Å². The first kappa shape index (κ1) is 30.5. The average molecular weight is 464 g/mol. The molecule has 0 aliphatic carbocycles. The fourth-order valence-electron chi connectivity index (χ4n) is 2.89. The Morgan fingerprint density at radius 2 is 1.12 bits per heavy atom. The van der Waals surface area contributed by atoms with Crippen LogP contribution in [0.5, 0.6) is 11.5 Å². The lowest BCUT2D eigenvalue weighted by molar-refractivity contribution is 0.0990. The topological polar surface area (TPSA) is 60.8 Å². The Morgan fingerprint density at radius 3 is 1.56 bits per heavy atom. The standard InChI is InChI=1S/C14H13NO2.C12H16O.2C2H6/c1-15(11-7-3-2-4-8-11)14(17)12-9-5-6-10-13(12)16;1-4-9(2)10(3)11-7-5-6-8-12(11)13;2*1-2/h2-10,16H,1H3;5-8,13H,4H2,1-3H3;2*1-2H3/b;10-9-;;. The maximum Gasteiger partial charge on any atom is 0.261 e. The zero-order valence-corrected chi connectivity index (χ0v) is 22.0. The number of carbonyl (C=O) groups is 1. The smallest absolute Gasteiger partial charge is 0.261 e. The minimum absolute atomic E-state index is 0.000260. The number of hydrogen-bond donors (Lipinski definition) is 2. The van der Waals surface area contributed by atoms with Crippen molar-refractivity contribution in [3.05, 3.63) is 95.6 Å². The van der Waals surface area contributed by atoms with Gasteiger partial charge in [-0.05, 0) is 56.2 Å². The normalized spacial score (nSPS) is 10.1. The maximum atomic E-state index is 12.1. The number of amides is 1. The molecule has 3 aromatic carbocycles. The van der Waals surface area contributed by atoms with E-state index in [9.17, 15) is 15.0 Å². The number of nitrogens with zero attached hydrogens (tertiary/aromatic N) is 1. The number of allylic oxidation sites excluding steroid dienone is 2. The van der Waals surface area contributed by atoms with Gasteiger partial charge in [0.15, 0.2) is 0 Å². The number of phenolic OH excluding ortho intramolecular Hbond substituents is 2. The molecule has 0 aliphatic rings. The summed E-state index contributed by atoms with van der Waals surface area (Å²) in [5.41, 5.74) is 4.54. The van der Waals surface area contributed by atoms with E-state index >= 15 is 0 Å². The molecule has 4 nitrogen and oxygen atoms in total. The van der Waals surface area contributed by atoms with Crippen LogP contribution in [0.25, 0.3) is 5.57 Å². The molecule has 0 spiro atoms. The van der Waals surface area contributed by atoms with Gasteiger partial charge in [0, 0.05) is 18.3 Å². The van der Waals surface area contributed by atoms with Gasteiger partial charge in [0.1, 0.15) is 11.5 Å². The van der Waals surface area contributed by atoms with Gasteiger partial charge in [0.05, 0.1) is 5.56 Å². The van der Waals surface area contributed by atoms with Gasteiger partial charge in [-0.3, -0.25) is 4.79 Å². The molecule has 0 unspecified atom stereocenters. The summed E-state index contributed by atoms with van der Waals surface area (Å²) in [6.45, 7) is 14.3. The molecular weight excluding hydrogens is 422 g/mol. The molecule has 4 heteroatoms. The first-order valence-corrected chi connectivity index (χ1v) is 11.9. The van der Waals surface area contributed by atoms with Gasteiger partial charge in [0.25, 0.3) is 5.91 Å². The van der Waals surface area contributed by atoms with Crippen molar-refractivity contribution in [3.63, 3.8) is 0 Å². The quantitative estimate of drug-likeness (QED) is 0.409. The molecule has 34 heavy (non-hydrogen) atoms. The molecule has 0 aliphatic heterocycles. The van der Waals surface area contributed by atoms with E-state index in [1.165, 1.54) is 22.1 Å². The summed E-state index contributed by atoms with van der Waals surface area (Å²) < 4.78 is 0. The lowest BCUT2D eigenvalue weighted by Gasteiger charge is -2.17. The van der Waals surface area contributed by atoms with Crippen LogP contribution < -0.4 is 4.90 Å². The fraction of sp³-hybridized carbons (Fsp3) is 0.300. The van der Waals surface area contributed by atoms with Gasteiger partial charge in [0.2, 0.25) is 0 Å². The van der Waals surface area contributed by atoms with E-state index in [1.54, 1.807) is 31.3 Å². The van der Waals surface area contributed by atoms with E-state index in [1.807, 2.05) is 83.1 Å². The van der Waals surface area contributed by atoms with Gasteiger partial charge in [-0.25, -0.2) is 0 Å². The Balaban J connectivity index is 0.000000574. The fourth-order valence-corrected chi connectivity index (χ4v) is 2.89. The number of phenols is 2. The van der Waals surface area contributed by atoms with E-state index in [4.69, 9.17) is 0 Å². The second-order valence-corrected chi connectivity index (χ2v) is 6.99. The Bertz CT molecular complexity index is 1010. The van der Waals surface area contributed by atoms with Crippen LogP contribution >= 0.6 is 0 Å². The molecule has 1 amide bonds. The molecule has 0 heterocycles. The number of hydrogen-bond acceptors (Lipinski definition) is 3. The van der Waals surface area contributed by atoms with E-state index < -0.39 is 0 Å². The summed E-state index contributed by atoms with van der Waals surface area (Å²) >= 11 is 0. The van der Waals surface area contributed by atoms with Crippen molar-refractivity contribution in [1.82, 2.24) is 0 Å². The van der Waals surface area contributed by atoms with Crippen molar-refractivity contribution < 1.29 is 15.0 Å². The largest absolute Gasteiger partial charge is 0.507 e. The summed E-state index contributed by atoms with van der Waals surface area (Å²) in [5.74, 6) is 0.141. The molecule has 0 atom stereocenters. The molecular formula is C30H41NO3. The van der Waals surface area contributed by atoms with E-state index in [0.29, 0.717) is 11.3 Å². The van der Waals surface area contributed by atoms with Crippen LogP contribution in [-0.2, 0) is 0 Å². The molecule has 0 saturated heterocycles. The predicted octanol–water partition coefficient (Wildman–Crippen LogP) is 8.32. The van der Waals surface area contributed by atoms with E-state index in [-0.39, 0.29) is 11.7 Å². The lowest BCUT2D eigenvalue weighted by Crippen LogP contribution is -2.26. The number of rotatable bonds is 4. The second kappa shape index (κ2) is 17.0. The highest BCUT2D eigenvalue weighted by molar-refractivity contribution is 6.07. The summed E-state index contributed by atoms with van der Waals surface area (Å²) in [6, 6.07) is 23.3. The van der Waals surface area contributed by atoms with Crippen molar-refractivity contribution in [3.8, 4) is 11.5 Å². The average Bonchev–Trinajstić information content (AvgIpc) is 2.90. The Kier molecular flexibility index (Phi) is 15.2. The van der Waals surface area contributed by atoms with Gasteiger partial charge >= 0.3 is 0 Å². The zero-order chi connectivity index (χ0) is 26.1. The lowest BCUT2D eigenvalue weighted by atomic mass is 10.0. The number of carbonyl (C=O) groups excluding carboxylic acids is 1. The van der Waals surface area contributed by atoms with Crippen LogP contribution in [0.4, 0.5) is 5.69 Å². The number of anilines is 1. The van der Waals surface area contributed by atoms with Crippen LogP contribution in [0.3, 0.4) is 0 Å². The molecule has 2 N–H and O–H groups in total. The number of benzene rings is 3. The first-order valence-electron chi connectivity index (χ1n) is 11.9. The molecule has 0 bridgehead atoms. The number of aromatic hydroxyl groups is 2. The minimum atomic E-state index is -0.227. The highest BCUT2D eigenvalue weighted by atomic mass is 16.3.